The van der Waals surface area contributed by atoms with Gasteiger partial charge in [-0.05, 0) is 36.4 Å². The molecule has 0 atom stereocenters. The lowest BCUT2D eigenvalue weighted by Crippen LogP contribution is -2.17. The van der Waals surface area contributed by atoms with Gasteiger partial charge in [-0.25, -0.2) is 16.8 Å². The molecule has 0 saturated carbocycles. The van der Waals surface area contributed by atoms with Gasteiger partial charge in [-0.3, -0.25) is 4.79 Å². The van der Waals surface area contributed by atoms with Crippen LogP contribution in [0.15, 0.2) is 64.4 Å². The highest BCUT2D eigenvalue weighted by Gasteiger charge is 2.16. The number of hydrogen-bond donors (Lipinski definition) is 1. The standard InChI is InChI=1S/C16H17NO5S2/c1-23(19,20)14-9-7-13(8-10-14)17-16(18)11-12-24(21,22)15-5-3-2-4-6-15/h2-10H,11-12H2,1H3,(H,17,18). The Hall–Kier alpha value is -2.19. The molecule has 0 unspecified atom stereocenters. The van der Waals surface area contributed by atoms with Gasteiger partial charge in [0.2, 0.25) is 5.91 Å². The molecule has 2 aromatic rings. The van der Waals surface area contributed by atoms with Crippen LogP contribution < -0.4 is 5.32 Å². The number of rotatable bonds is 6. The van der Waals surface area contributed by atoms with Crippen LogP contribution in [0, 0.1) is 0 Å². The Morgan fingerprint density at radius 1 is 0.875 bits per heavy atom. The maximum Gasteiger partial charge on any atom is 0.225 e. The zero-order valence-electron chi connectivity index (χ0n) is 13.0. The van der Waals surface area contributed by atoms with Gasteiger partial charge in [0.25, 0.3) is 0 Å². The Bertz CT molecular complexity index is 918. The van der Waals surface area contributed by atoms with Crippen molar-refractivity contribution in [3.05, 3.63) is 54.6 Å². The van der Waals surface area contributed by atoms with Gasteiger partial charge in [-0.2, -0.15) is 0 Å². The first-order valence-electron chi connectivity index (χ1n) is 7.06. The van der Waals surface area contributed by atoms with E-state index in [1.807, 2.05) is 0 Å². The SMILES string of the molecule is CS(=O)(=O)c1ccc(NC(=O)CCS(=O)(=O)c2ccccc2)cc1. The van der Waals surface area contributed by atoms with E-state index in [9.17, 15) is 21.6 Å². The molecule has 128 valence electrons. The van der Waals surface area contributed by atoms with Crippen LogP contribution in [-0.4, -0.2) is 34.8 Å². The maximum atomic E-state index is 12.1. The maximum absolute atomic E-state index is 12.1. The summed E-state index contributed by atoms with van der Waals surface area (Å²) in [7, 11) is -6.81. The first-order chi connectivity index (χ1) is 11.2. The van der Waals surface area contributed by atoms with Crippen molar-refractivity contribution in [1.29, 1.82) is 0 Å². The van der Waals surface area contributed by atoms with Crippen molar-refractivity contribution in [3.63, 3.8) is 0 Å². The van der Waals surface area contributed by atoms with Crippen molar-refractivity contribution in [2.75, 3.05) is 17.3 Å². The predicted octanol–water partition coefficient (Wildman–Crippen LogP) is 1.89. The average molecular weight is 367 g/mol. The van der Waals surface area contributed by atoms with Gasteiger partial charge >= 0.3 is 0 Å². The first kappa shape index (κ1) is 18.2. The number of sulfone groups is 2. The second kappa shape index (κ2) is 7.14. The Kier molecular flexibility index (Phi) is 5.40. The third-order valence-electron chi connectivity index (χ3n) is 3.27. The highest BCUT2D eigenvalue weighted by Crippen LogP contribution is 2.15. The summed E-state index contributed by atoms with van der Waals surface area (Å²) in [6.45, 7) is 0. The topological polar surface area (TPSA) is 97.4 Å². The summed E-state index contributed by atoms with van der Waals surface area (Å²) in [4.78, 5) is 12.2. The monoisotopic (exact) mass is 367 g/mol. The van der Waals surface area contributed by atoms with E-state index in [4.69, 9.17) is 0 Å². The van der Waals surface area contributed by atoms with Crippen LogP contribution in [0.5, 0.6) is 0 Å². The Morgan fingerprint density at radius 2 is 1.46 bits per heavy atom. The summed E-state index contributed by atoms with van der Waals surface area (Å²) in [5, 5.41) is 2.55. The molecule has 1 N–H and O–H groups in total. The second-order valence-electron chi connectivity index (χ2n) is 5.23. The van der Waals surface area contributed by atoms with E-state index >= 15 is 0 Å². The van der Waals surface area contributed by atoms with Gasteiger partial charge in [0, 0.05) is 18.4 Å². The quantitative estimate of drug-likeness (QED) is 0.841. The molecule has 0 bridgehead atoms. The summed E-state index contributed by atoms with van der Waals surface area (Å²) < 4.78 is 46.9. The zero-order chi connectivity index (χ0) is 17.8. The fourth-order valence-corrected chi connectivity index (χ4v) is 3.87. The minimum Gasteiger partial charge on any atom is -0.326 e. The smallest absolute Gasteiger partial charge is 0.225 e. The van der Waals surface area contributed by atoms with Crippen LogP contribution in [-0.2, 0) is 24.5 Å². The fraction of sp³-hybridized carbons (Fsp3) is 0.188. The molecule has 8 heteroatoms. The largest absolute Gasteiger partial charge is 0.326 e. The molecule has 0 aliphatic carbocycles. The lowest BCUT2D eigenvalue weighted by atomic mass is 10.3. The second-order valence-corrected chi connectivity index (χ2v) is 9.35. The molecule has 1 amide bonds. The lowest BCUT2D eigenvalue weighted by Gasteiger charge is -2.07. The van der Waals surface area contributed by atoms with E-state index in [0.29, 0.717) is 5.69 Å². The van der Waals surface area contributed by atoms with Crippen LogP contribution in [0.3, 0.4) is 0 Å². The molecule has 2 aromatic carbocycles. The Morgan fingerprint density at radius 3 is 2.00 bits per heavy atom. The number of hydrogen-bond acceptors (Lipinski definition) is 5. The Labute approximate surface area is 141 Å². The molecule has 0 saturated heterocycles. The van der Waals surface area contributed by atoms with Crippen LogP contribution in [0.1, 0.15) is 6.42 Å². The summed E-state index contributed by atoms with van der Waals surface area (Å²) in [6.07, 6.45) is 0.903. The average Bonchev–Trinajstić information content (AvgIpc) is 2.54. The number of anilines is 1. The third kappa shape index (κ3) is 4.90. The van der Waals surface area contributed by atoms with Gasteiger partial charge in [0.05, 0.1) is 15.5 Å². The van der Waals surface area contributed by atoms with Crippen molar-refractivity contribution < 1.29 is 21.6 Å². The number of carbonyl (C=O) groups excluding carboxylic acids is 1. The highest BCUT2D eigenvalue weighted by molar-refractivity contribution is 7.91. The van der Waals surface area contributed by atoms with Crippen LogP contribution in [0.2, 0.25) is 0 Å². The summed E-state index contributed by atoms with van der Waals surface area (Å²) in [5.74, 6) is -0.758. The van der Waals surface area contributed by atoms with Gasteiger partial charge < -0.3 is 5.32 Å². The molecule has 24 heavy (non-hydrogen) atoms. The van der Waals surface area contributed by atoms with Crippen molar-refractivity contribution in [2.45, 2.75) is 16.2 Å². The molecular formula is C16H17NO5S2. The highest BCUT2D eigenvalue weighted by atomic mass is 32.2. The summed E-state index contributed by atoms with van der Waals surface area (Å²) in [6, 6.07) is 13.6. The molecule has 0 spiro atoms. The summed E-state index contributed by atoms with van der Waals surface area (Å²) in [5.41, 5.74) is 0.407. The normalized spacial score (nSPS) is 11.9. The third-order valence-corrected chi connectivity index (χ3v) is 6.13. The first-order valence-corrected chi connectivity index (χ1v) is 10.6. The molecule has 0 heterocycles. The predicted molar refractivity (Wildman–Crippen MR) is 91.3 cm³/mol. The molecule has 6 nitrogen and oxygen atoms in total. The number of carbonyl (C=O) groups is 1. The number of benzene rings is 2. The number of amides is 1. The van der Waals surface area contributed by atoms with Gasteiger partial charge in [0.1, 0.15) is 0 Å². The van der Waals surface area contributed by atoms with Crippen LogP contribution in [0.4, 0.5) is 5.69 Å². The van der Waals surface area contributed by atoms with Gasteiger partial charge in [-0.15, -0.1) is 0 Å². The molecular weight excluding hydrogens is 350 g/mol. The lowest BCUT2D eigenvalue weighted by molar-refractivity contribution is -0.115. The zero-order valence-corrected chi connectivity index (χ0v) is 14.6. The number of nitrogens with one attached hydrogen (secondary N) is 1. The molecule has 0 aliphatic heterocycles. The molecule has 0 aromatic heterocycles. The van der Waals surface area contributed by atoms with E-state index in [2.05, 4.69) is 5.32 Å². The van der Waals surface area contributed by atoms with E-state index in [1.165, 1.54) is 36.4 Å². The van der Waals surface area contributed by atoms with Crippen LogP contribution in [0.25, 0.3) is 0 Å². The minimum absolute atomic E-state index is 0.146. The van der Waals surface area contributed by atoms with Crippen molar-refractivity contribution in [1.82, 2.24) is 0 Å². The van der Waals surface area contributed by atoms with E-state index < -0.39 is 25.6 Å². The van der Waals surface area contributed by atoms with Crippen molar-refractivity contribution >= 4 is 31.3 Å². The molecule has 0 fully saturated rings. The Balaban J connectivity index is 1.97. The van der Waals surface area contributed by atoms with Crippen molar-refractivity contribution in [2.24, 2.45) is 0 Å². The van der Waals surface area contributed by atoms with Gasteiger partial charge in [-0.1, -0.05) is 18.2 Å². The van der Waals surface area contributed by atoms with E-state index in [0.717, 1.165) is 6.26 Å². The molecule has 0 radical (unpaired) electrons. The molecule has 2 rings (SSSR count). The summed E-state index contributed by atoms with van der Waals surface area (Å²) >= 11 is 0. The van der Waals surface area contributed by atoms with Crippen molar-refractivity contribution in [3.8, 4) is 0 Å². The van der Waals surface area contributed by atoms with Gasteiger partial charge in [0.15, 0.2) is 19.7 Å². The van der Waals surface area contributed by atoms with E-state index in [1.54, 1.807) is 18.2 Å². The van der Waals surface area contributed by atoms with E-state index in [-0.39, 0.29) is 22.0 Å². The molecule has 0 aliphatic rings. The fourth-order valence-electron chi connectivity index (χ4n) is 1.98. The minimum atomic E-state index is -3.51. The van der Waals surface area contributed by atoms with Crippen LogP contribution >= 0.6 is 0 Å².